The van der Waals surface area contributed by atoms with Gasteiger partial charge < -0.3 is 9.73 Å². The van der Waals surface area contributed by atoms with Gasteiger partial charge in [0, 0.05) is 38.8 Å². The zero-order valence-corrected chi connectivity index (χ0v) is 14.4. The summed E-state index contributed by atoms with van der Waals surface area (Å²) in [6.07, 6.45) is 0. The predicted octanol–water partition coefficient (Wildman–Crippen LogP) is 1.66. The number of amides is 1. The molecule has 8 heteroatoms. The standard InChI is InChI=1S/C17H22FN5O2/c1-12(17(24)19-15-5-3-4-14(18)10-15)23-8-6-22(7-9-23)11-16-21-20-13(2)25-16/h3-5,10,12H,6-9,11H2,1-2H3,(H,19,24). The van der Waals surface area contributed by atoms with Crippen molar-refractivity contribution in [3.63, 3.8) is 0 Å². The van der Waals surface area contributed by atoms with Gasteiger partial charge in [-0.25, -0.2) is 4.39 Å². The largest absolute Gasteiger partial charge is 0.424 e. The number of carbonyl (C=O) groups is 1. The van der Waals surface area contributed by atoms with Crippen LogP contribution in [0.1, 0.15) is 18.7 Å². The van der Waals surface area contributed by atoms with Crippen molar-refractivity contribution < 1.29 is 13.6 Å². The number of piperazine rings is 1. The van der Waals surface area contributed by atoms with E-state index in [-0.39, 0.29) is 17.8 Å². The normalized spacial score (nSPS) is 17.4. The average molecular weight is 347 g/mol. The van der Waals surface area contributed by atoms with Crippen LogP contribution >= 0.6 is 0 Å². The van der Waals surface area contributed by atoms with E-state index < -0.39 is 0 Å². The van der Waals surface area contributed by atoms with Crippen LogP contribution in [0.5, 0.6) is 0 Å². The molecule has 1 fully saturated rings. The van der Waals surface area contributed by atoms with Gasteiger partial charge in [0.2, 0.25) is 17.7 Å². The smallest absolute Gasteiger partial charge is 0.241 e. The van der Waals surface area contributed by atoms with Gasteiger partial charge in [0.1, 0.15) is 5.82 Å². The fourth-order valence-electron chi connectivity index (χ4n) is 2.88. The molecule has 7 nitrogen and oxygen atoms in total. The Morgan fingerprint density at radius 3 is 2.72 bits per heavy atom. The summed E-state index contributed by atoms with van der Waals surface area (Å²) in [4.78, 5) is 16.7. The van der Waals surface area contributed by atoms with Crippen molar-refractivity contribution >= 4 is 11.6 Å². The van der Waals surface area contributed by atoms with Crippen molar-refractivity contribution in [2.75, 3.05) is 31.5 Å². The Morgan fingerprint density at radius 2 is 2.08 bits per heavy atom. The molecule has 2 aromatic rings. The SMILES string of the molecule is Cc1nnc(CN2CCN(C(C)C(=O)Nc3cccc(F)c3)CC2)o1. The molecule has 0 saturated carbocycles. The summed E-state index contributed by atoms with van der Waals surface area (Å²) in [5.74, 6) is 0.682. The third-order valence-electron chi connectivity index (χ3n) is 4.35. The molecule has 2 heterocycles. The monoisotopic (exact) mass is 347 g/mol. The number of halogens is 1. The van der Waals surface area contributed by atoms with Gasteiger partial charge in [-0.05, 0) is 25.1 Å². The summed E-state index contributed by atoms with van der Waals surface area (Å²) >= 11 is 0. The van der Waals surface area contributed by atoms with Crippen LogP contribution in [0.15, 0.2) is 28.7 Å². The van der Waals surface area contributed by atoms with Gasteiger partial charge in [0.15, 0.2) is 0 Å². The van der Waals surface area contributed by atoms with Gasteiger partial charge in [-0.3, -0.25) is 14.6 Å². The van der Waals surface area contributed by atoms with Crippen molar-refractivity contribution in [3.05, 3.63) is 41.9 Å². The van der Waals surface area contributed by atoms with E-state index in [0.717, 1.165) is 26.2 Å². The number of rotatable bonds is 5. The molecule has 0 radical (unpaired) electrons. The van der Waals surface area contributed by atoms with Crippen LogP contribution in [0.3, 0.4) is 0 Å². The maximum atomic E-state index is 13.2. The zero-order chi connectivity index (χ0) is 17.8. The van der Waals surface area contributed by atoms with E-state index in [0.29, 0.717) is 24.0 Å². The van der Waals surface area contributed by atoms with Gasteiger partial charge in [-0.2, -0.15) is 0 Å². The number of aryl methyl sites for hydroxylation is 1. The molecule has 1 atom stereocenters. The average Bonchev–Trinajstić information content (AvgIpc) is 3.00. The van der Waals surface area contributed by atoms with Crippen LogP contribution in [-0.2, 0) is 11.3 Å². The Balaban J connectivity index is 1.49. The lowest BCUT2D eigenvalue weighted by Crippen LogP contribution is -2.52. The second-order valence-corrected chi connectivity index (χ2v) is 6.20. The Labute approximate surface area is 145 Å². The predicted molar refractivity (Wildman–Crippen MR) is 90.4 cm³/mol. The molecule has 1 aliphatic rings. The highest BCUT2D eigenvalue weighted by molar-refractivity contribution is 5.94. The van der Waals surface area contributed by atoms with Crippen molar-refractivity contribution in [3.8, 4) is 0 Å². The van der Waals surface area contributed by atoms with E-state index in [4.69, 9.17) is 4.42 Å². The molecule has 1 amide bonds. The molecule has 1 aromatic heterocycles. The molecule has 134 valence electrons. The van der Waals surface area contributed by atoms with Gasteiger partial charge in [-0.15, -0.1) is 10.2 Å². The van der Waals surface area contributed by atoms with Crippen LogP contribution in [-0.4, -0.2) is 58.1 Å². The number of anilines is 1. The van der Waals surface area contributed by atoms with Crippen LogP contribution in [0.4, 0.5) is 10.1 Å². The third kappa shape index (κ3) is 4.61. The summed E-state index contributed by atoms with van der Waals surface area (Å²) in [5.41, 5.74) is 0.474. The van der Waals surface area contributed by atoms with Gasteiger partial charge in [0.05, 0.1) is 12.6 Å². The Morgan fingerprint density at radius 1 is 1.32 bits per heavy atom. The van der Waals surface area contributed by atoms with E-state index in [1.54, 1.807) is 19.1 Å². The van der Waals surface area contributed by atoms with Crippen LogP contribution in [0.2, 0.25) is 0 Å². The van der Waals surface area contributed by atoms with Crippen molar-refractivity contribution in [1.29, 1.82) is 0 Å². The Kier molecular flexibility index (Phi) is 5.40. The molecule has 0 aliphatic carbocycles. The number of carbonyl (C=O) groups excluding carboxylic acids is 1. The number of benzene rings is 1. The van der Waals surface area contributed by atoms with Crippen LogP contribution in [0.25, 0.3) is 0 Å². The first-order chi connectivity index (χ1) is 12.0. The molecule has 1 aliphatic heterocycles. The first kappa shape index (κ1) is 17.5. The summed E-state index contributed by atoms with van der Waals surface area (Å²) in [6.45, 7) is 7.44. The lowest BCUT2D eigenvalue weighted by atomic mass is 10.2. The van der Waals surface area contributed by atoms with Gasteiger partial charge >= 0.3 is 0 Å². The summed E-state index contributed by atoms with van der Waals surface area (Å²) in [7, 11) is 0. The highest BCUT2D eigenvalue weighted by Crippen LogP contribution is 2.13. The van der Waals surface area contributed by atoms with E-state index in [2.05, 4.69) is 25.3 Å². The van der Waals surface area contributed by atoms with Crippen molar-refractivity contribution in [2.45, 2.75) is 26.4 Å². The molecule has 0 spiro atoms. The minimum atomic E-state index is -0.365. The molecule has 25 heavy (non-hydrogen) atoms. The Bertz CT molecular complexity index is 727. The molecule has 1 unspecified atom stereocenters. The molecular weight excluding hydrogens is 325 g/mol. The molecule has 3 rings (SSSR count). The van der Waals surface area contributed by atoms with E-state index in [9.17, 15) is 9.18 Å². The number of hydrogen-bond donors (Lipinski definition) is 1. The highest BCUT2D eigenvalue weighted by Gasteiger charge is 2.26. The van der Waals surface area contributed by atoms with Crippen molar-refractivity contribution in [1.82, 2.24) is 20.0 Å². The lowest BCUT2D eigenvalue weighted by molar-refractivity contribution is -0.121. The Hall–Kier alpha value is -2.32. The summed E-state index contributed by atoms with van der Waals surface area (Å²) in [6, 6.07) is 5.64. The number of aromatic nitrogens is 2. The van der Waals surface area contributed by atoms with E-state index in [1.165, 1.54) is 12.1 Å². The maximum Gasteiger partial charge on any atom is 0.241 e. The summed E-state index contributed by atoms with van der Waals surface area (Å²) < 4.78 is 18.6. The maximum absolute atomic E-state index is 13.2. The third-order valence-corrected chi connectivity index (χ3v) is 4.35. The quantitative estimate of drug-likeness (QED) is 0.887. The fourth-order valence-corrected chi connectivity index (χ4v) is 2.88. The van der Waals surface area contributed by atoms with Crippen LogP contribution < -0.4 is 5.32 Å². The molecule has 1 saturated heterocycles. The lowest BCUT2D eigenvalue weighted by Gasteiger charge is -2.36. The fraction of sp³-hybridized carbons (Fsp3) is 0.471. The zero-order valence-electron chi connectivity index (χ0n) is 14.4. The van der Waals surface area contributed by atoms with Crippen molar-refractivity contribution in [2.24, 2.45) is 0 Å². The van der Waals surface area contributed by atoms with Crippen LogP contribution in [0, 0.1) is 12.7 Å². The second kappa shape index (κ2) is 7.71. The topological polar surface area (TPSA) is 74.5 Å². The van der Waals surface area contributed by atoms with Gasteiger partial charge in [0.25, 0.3) is 0 Å². The number of hydrogen-bond acceptors (Lipinski definition) is 6. The van der Waals surface area contributed by atoms with E-state index >= 15 is 0 Å². The highest BCUT2D eigenvalue weighted by atomic mass is 19.1. The minimum Gasteiger partial charge on any atom is -0.424 e. The molecule has 1 aromatic carbocycles. The molecule has 0 bridgehead atoms. The summed E-state index contributed by atoms with van der Waals surface area (Å²) in [5, 5.41) is 10.6. The number of nitrogens with zero attached hydrogens (tertiary/aromatic N) is 4. The minimum absolute atomic E-state index is 0.133. The van der Waals surface area contributed by atoms with Gasteiger partial charge in [-0.1, -0.05) is 6.07 Å². The number of nitrogens with one attached hydrogen (secondary N) is 1. The molecular formula is C17H22FN5O2. The molecule has 1 N–H and O–H groups in total. The second-order valence-electron chi connectivity index (χ2n) is 6.20. The van der Waals surface area contributed by atoms with E-state index in [1.807, 2.05) is 6.92 Å². The first-order valence-electron chi connectivity index (χ1n) is 8.33. The first-order valence-corrected chi connectivity index (χ1v) is 8.33.